The van der Waals surface area contributed by atoms with Crippen LogP contribution in [0, 0.1) is 0 Å². The summed E-state index contributed by atoms with van der Waals surface area (Å²) in [5, 5.41) is 12.7. The molecule has 0 radical (unpaired) electrons. The third-order valence-corrected chi connectivity index (χ3v) is 3.44. The number of carboxylic acid groups (broad SMARTS) is 1. The first-order chi connectivity index (χ1) is 8.97. The van der Waals surface area contributed by atoms with Crippen LogP contribution in [-0.2, 0) is 11.2 Å². The van der Waals surface area contributed by atoms with E-state index < -0.39 is 5.97 Å². The number of aryl methyl sites for hydroxylation is 1. The number of rotatable bonds is 7. The fourth-order valence-electron chi connectivity index (χ4n) is 1.71. The van der Waals surface area contributed by atoms with Gasteiger partial charge in [0.25, 0.3) is 5.91 Å². The summed E-state index contributed by atoms with van der Waals surface area (Å²) < 4.78 is 3.83. The molecular weight excluding hydrogens is 266 g/mol. The molecule has 1 aromatic rings. The molecule has 1 aromatic heterocycles. The van der Waals surface area contributed by atoms with Gasteiger partial charge in [0.1, 0.15) is 4.88 Å². The first kappa shape index (κ1) is 15.6. The van der Waals surface area contributed by atoms with Gasteiger partial charge >= 0.3 is 5.97 Å². The maximum absolute atomic E-state index is 12.4. The number of aliphatic carboxylic acids is 1. The number of nitrogens with zero attached hydrogens (tertiary/aromatic N) is 3. The van der Waals surface area contributed by atoms with Crippen molar-refractivity contribution in [2.75, 3.05) is 6.54 Å². The third kappa shape index (κ3) is 4.27. The standard InChI is InChI=1S/C12H19N3O3S/c1-4-5-9-11(19-14-13-9)12(18)15(8(2)3)7-6-10(16)17/h8H,4-7H2,1-3H3,(H,16,17). The molecule has 7 heteroatoms. The summed E-state index contributed by atoms with van der Waals surface area (Å²) in [6, 6.07) is -0.0524. The van der Waals surface area contributed by atoms with Crippen molar-refractivity contribution in [1.29, 1.82) is 0 Å². The Bertz CT molecular complexity index is 445. The highest BCUT2D eigenvalue weighted by Crippen LogP contribution is 2.17. The number of carboxylic acids is 1. The third-order valence-electron chi connectivity index (χ3n) is 2.69. The van der Waals surface area contributed by atoms with E-state index in [4.69, 9.17) is 5.11 Å². The van der Waals surface area contributed by atoms with Crippen LogP contribution in [0.4, 0.5) is 0 Å². The Morgan fingerprint density at radius 2 is 2.11 bits per heavy atom. The number of aromatic nitrogens is 2. The van der Waals surface area contributed by atoms with Crippen molar-refractivity contribution in [3.8, 4) is 0 Å². The summed E-state index contributed by atoms with van der Waals surface area (Å²) in [5.41, 5.74) is 0.707. The van der Waals surface area contributed by atoms with E-state index in [9.17, 15) is 9.59 Å². The van der Waals surface area contributed by atoms with Crippen LogP contribution < -0.4 is 0 Å². The molecule has 6 nitrogen and oxygen atoms in total. The van der Waals surface area contributed by atoms with Gasteiger partial charge in [0.15, 0.2) is 0 Å². The van der Waals surface area contributed by atoms with Gasteiger partial charge in [-0.2, -0.15) is 0 Å². The molecule has 0 unspecified atom stereocenters. The summed E-state index contributed by atoms with van der Waals surface area (Å²) in [6.07, 6.45) is 1.55. The molecule has 0 saturated carbocycles. The predicted octanol–water partition coefficient (Wildman–Crippen LogP) is 1.82. The van der Waals surface area contributed by atoms with Gasteiger partial charge in [-0.05, 0) is 31.8 Å². The molecule has 0 fully saturated rings. The van der Waals surface area contributed by atoms with Crippen molar-refractivity contribution in [1.82, 2.24) is 14.5 Å². The normalized spacial score (nSPS) is 10.7. The molecule has 0 aliphatic heterocycles. The number of carbonyl (C=O) groups is 2. The maximum atomic E-state index is 12.4. The molecule has 0 spiro atoms. The monoisotopic (exact) mass is 285 g/mol. The Morgan fingerprint density at radius 1 is 1.42 bits per heavy atom. The Morgan fingerprint density at radius 3 is 2.63 bits per heavy atom. The van der Waals surface area contributed by atoms with Gasteiger partial charge in [0.05, 0.1) is 12.1 Å². The molecule has 0 atom stereocenters. The zero-order chi connectivity index (χ0) is 14.4. The van der Waals surface area contributed by atoms with Gasteiger partial charge in [0.2, 0.25) is 0 Å². The van der Waals surface area contributed by atoms with Crippen LogP contribution in [0.5, 0.6) is 0 Å². The van der Waals surface area contributed by atoms with Gasteiger partial charge < -0.3 is 10.0 Å². The number of hydrogen-bond acceptors (Lipinski definition) is 5. The van der Waals surface area contributed by atoms with Crippen LogP contribution in [0.2, 0.25) is 0 Å². The SMILES string of the molecule is CCCc1nnsc1C(=O)N(CCC(=O)O)C(C)C. The lowest BCUT2D eigenvalue weighted by molar-refractivity contribution is -0.137. The lowest BCUT2D eigenvalue weighted by Gasteiger charge is -2.25. The van der Waals surface area contributed by atoms with Gasteiger partial charge in [-0.3, -0.25) is 9.59 Å². The molecule has 0 aromatic carbocycles. The first-order valence-corrected chi connectivity index (χ1v) is 7.08. The molecule has 0 saturated heterocycles. The van der Waals surface area contributed by atoms with E-state index in [2.05, 4.69) is 9.59 Å². The van der Waals surface area contributed by atoms with Crippen LogP contribution in [0.3, 0.4) is 0 Å². The van der Waals surface area contributed by atoms with Crippen molar-refractivity contribution in [3.63, 3.8) is 0 Å². The van der Waals surface area contributed by atoms with Crippen LogP contribution in [0.1, 0.15) is 49.0 Å². The predicted molar refractivity (Wildman–Crippen MR) is 72.3 cm³/mol. The van der Waals surface area contributed by atoms with E-state index in [0.29, 0.717) is 17.0 Å². The van der Waals surface area contributed by atoms with E-state index in [0.717, 1.165) is 18.0 Å². The van der Waals surface area contributed by atoms with E-state index in [1.165, 1.54) is 0 Å². The molecule has 0 bridgehead atoms. The topological polar surface area (TPSA) is 83.4 Å². The first-order valence-electron chi connectivity index (χ1n) is 6.31. The molecule has 1 heterocycles. The highest BCUT2D eigenvalue weighted by atomic mass is 32.1. The molecule has 0 aliphatic rings. The Kier molecular flexibility index (Phi) is 5.88. The minimum Gasteiger partial charge on any atom is -0.481 e. The highest BCUT2D eigenvalue weighted by molar-refractivity contribution is 7.08. The number of carbonyl (C=O) groups excluding carboxylic acids is 1. The molecule has 1 rings (SSSR count). The largest absolute Gasteiger partial charge is 0.481 e. The minimum absolute atomic E-state index is 0.0524. The van der Waals surface area contributed by atoms with Crippen molar-refractivity contribution >= 4 is 23.4 Å². The Hall–Kier alpha value is -1.50. The zero-order valence-electron chi connectivity index (χ0n) is 11.4. The van der Waals surface area contributed by atoms with Crippen LogP contribution >= 0.6 is 11.5 Å². The molecule has 1 amide bonds. The summed E-state index contributed by atoms with van der Waals surface area (Å²) in [7, 11) is 0. The molecule has 19 heavy (non-hydrogen) atoms. The molecule has 0 aliphatic carbocycles. The minimum atomic E-state index is -0.908. The quantitative estimate of drug-likeness (QED) is 0.826. The average Bonchev–Trinajstić information content (AvgIpc) is 2.76. The van der Waals surface area contributed by atoms with E-state index in [1.807, 2.05) is 20.8 Å². The second-order valence-electron chi connectivity index (χ2n) is 4.53. The summed E-state index contributed by atoms with van der Waals surface area (Å²) in [6.45, 7) is 5.95. The van der Waals surface area contributed by atoms with Gasteiger partial charge in [-0.15, -0.1) is 5.10 Å². The second-order valence-corrected chi connectivity index (χ2v) is 5.29. The maximum Gasteiger partial charge on any atom is 0.305 e. The Labute approximate surface area is 116 Å². The fourth-order valence-corrected chi connectivity index (χ4v) is 2.38. The van der Waals surface area contributed by atoms with Crippen molar-refractivity contribution < 1.29 is 14.7 Å². The molecule has 1 N–H and O–H groups in total. The summed E-state index contributed by atoms with van der Waals surface area (Å²) in [5.74, 6) is -1.08. The van der Waals surface area contributed by atoms with Gasteiger partial charge in [-0.1, -0.05) is 17.8 Å². The highest BCUT2D eigenvalue weighted by Gasteiger charge is 2.24. The van der Waals surface area contributed by atoms with Crippen molar-refractivity contribution in [2.24, 2.45) is 0 Å². The number of amides is 1. The summed E-state index contributed by atoms with van der Waals surface area (Å²) in [4.78, 5) is 25.2. The average molecular weight is 285 g/mol. The molecule has 106 valence electrons. The Balaban J connectivity index is 2.86. The van der Waals surface area contributed by atoms with Crippen molar-refractivity contribution in [2.45, 2.75) is 46.1 Å². The zero-order valence-corrected chi connectivity index (χ0v) is 12.2. The van der Waals surface area contributed by atoms with Gasteiger partial charge in [-0.25, -0.2) is 0 Å². The number of hydrogen-bond donors (Lipinski definition) is 1. The summed E-state index contributed by atoms with van der Waals surface area (Å²) >= 11 is 1.08. The van der Waals surface area contributed by atoms with E-state index in [-0.39, 0.29) is 24.9 Å². The van der Waals surface area contributed by atoms with Gasteiger partial charge in [0, 0.05) is 12.6 Å². The fraction of sp³-hybridized carbons (Fsp3) is 0.667. The molecular formula is C12H19N3O3S. The van der Waals surface area contributed by atoms with Crippen LogP contribution in [0.25, 0.3) is 0 Å². The van der Waals surface area contributed by atoms with E-state index >= 15 is 0 Å². The lowest BCUT2D eigenvalue weighted by atomic mass is 10.2. The second kappa shape index (κ2) is 7.18. The lowest BCUT2D eigenvalue weighted by Crippen LogP contribution is -2.38. The smallest absolute Gasteiger partial charge is 0.305 e. The van der Waals surface area contributed by atoms with Crippen molar-refractivity contribution in [3.05, 3.63) is 10.6 Å². The van der Waals surface area contributed by atoms with Crippen LogP contribution in [0.15, 0.2) is 0 Å². The van der Waals surface area contributed by atoms with Crippen LogP contribution in [-0.4, -0.2) is 44.1 Å². The van der Waals surface area contributed by atoms with E-state index in [1.54, 1.807) is 4.90 Å².